The molecule has 0 atom stereocenters. The predicted molar refractivity (Wildman–Crippen MR) is 138 cm³/mol. The number of likely N-dealkylation sites (tertiary alicyclic amines) is 1. The number of aromatic nitrogens is 1. The van der Waals surface area contributed by atoms with Crippen LogP contribution in [0.5, 0.6) is 0 Å². The van der Waals surface area contributed by atoms with Crippen LogP contribution in [0.4, 0.5) is 0 Å². The van der Waals surface area contributed by atoms with E-state index in [1.165, 1.54) is 37.1 Å². The number of oxazole rings is 1. The lowest BCUT2D eigenvalue weighted by atomic mass is 9.94. The molecule has 7 heteroatoms. The van der Waals surface area contributed by atoms with Crippen LogP contribution in [0.1, 0.15) is 63.3 Å². The second-order valence-electron chi connectivity index (χ2n) is 9.42. The number of nitrogens with zero attached hydrogens (tertiary/aromatic N) is 3. The Morgan fingerprint density at radius 1 is 1.10 bits per heavy atom. The normalized spacial score (nSPS) is 16.1. The third-order valence-corrected chi connectivity index (χ3v) is 5.69. The summed E-state index contributed by atoms with van der Waals surface area (Å²) < 4.78 is 5.83. The maximum Gasteiger partial charge on any atom is 0.213 e. The van der Waals surface area contributed by atoms with Crippen molar-refractivity contribution < 1.29 is 4.42 Å². The first-order valence-corrected chi connectivity index (χ1v) is 11.0. The van der Waals surface area contributed by atoms with E-state index >= 15 is 0 Å². The van der Waals surface area contributed by atoms with Gasteiger partial charge in [0.2, 0.25) is 5.89 Å². The smallest absolute Gasteiger partial charge is 0.213 e. The summed E-state index contributed by atoms with van der Waals surface area (Å²) in [5.41, 5.74) is 2.58. The highest BCUT2D eigenvalue weighted by Gasteiger charge is 2.19. The number of hydrogen-bond donors (Lipinski definition) is 2. The molecule has 1 aromatic heterocycles. The number of guanidine groups is 1. The first-order chi connectivity index (χ1) is 14.3. The number of hydrogen-bond acceptors (Lipinski definition) is 4. The molecule has 6 nitrogen and oxygen atoms in total. The molecule has 0 radical (unpaired) electrons. The Labute approximate surface area is 204 Å². The third-order valence-electron chi connectivity index (χ3n) is 5.69. The quantitative estimate of drug-likeness (QED) is 0.317. The molecule has 2 aromatic rings. The maximum absolute atomic E-state index is 5.83. The largest absolute Gasteiger partial charge is 0.443 e. The van der Waals surface area contributed by atoms with E-state index in [0.717, 1.165) is 30.7 Å². The van der Waals surface area contributed by atoms with Crippen molar-refractivity contribution in [2.45, 2.75) is 65.6 Å². The van der Waals surface area contributed by atoms with Crippen LogP contribution < -0.4 is 10.6 Å². The summed E-state index contributed by atoms with van der Waals surface area (Å²) in [5.74, 6) is 3.17. The van der Waals surface area contributed by atoms with Gasteiger partial charge in [0, 0.05) is 25.6 Å². The Morgan fingerprint density at radius 3 is 2.29 bits per heavy atom. The van der Waals surface area contributed by atoms with Crippen molar-refractivity contribution in [2.24, 2.45) is 10.9 Å². The van der Waals surface area contributed by atoms with Crippen LogP contribution in [-0.4, -0.2) is 36.0 Å². The van der Waals surface area contributed by atoms with Gasteiger partial charge in [0.05, 0.1) is 12.7 Å². The lowest BCUT2D eigenvalue weighted by Gasteiger charge is -2.30. The third kappa shape index (κ3) is 8.11. The molecule has 0 unspecified atom stereocenters. The molecule has 3 rings (SSSR count). The summed E-state index contributed by atoms with van der Waals surface area (Å²) in [5, 5.41) is 6.62. The van der Waals surface area contributed by atoms with Crippen molar-refractivity contribution in [3.05, 3.63) is 53.2 Å². The predicted octanol–water partition coefficient (Wildman–Crippen LogP) is 4.69. The minimum atomic E-state index is -0.0379. The van der Waals surface area contributed by atoms with Gasteiger partial charge in [-0.1, -0.05) is 52.0 Å². The number of nitrogens with one attached hydrogen (secondary N) is 2. The number of halogens is 1. The van der Waals surface area contributed by atoms with Gasteiger partial charge in [-0.05, 0) is 43.0 Å². The number of piperidine rings is 1. The molecule has 0 bridgehead atoms. The minimum Gasteiger partial charge on any atom is -0.443 e. The highest BCUT2D eigenvalue weighted by atomic mass is 127. The van der Waals surface area contributed by atoms with Gasteiger partial charge in [-0.2, -0.15) is 0 Å². The van der Waals surface area contributed by atoms with E-state index in [1.54, 1.807) is 13.2 Å². The van der Waals surface area contributed by atoms with Gasteiger partial charge in [-0.15, -0.1) is 24.0 Å². The second-order valence-corrected chi connectivity index (χ2v) is 9.42. The SMILES string of the molecule is CN=C(NCc1ccc(CN2CCC(C)CC2)cc1)NCc1ncc(C(C)(C)C)o1.I. The first kappa shape index (κ1) is 25.6. The molecule has 172 valence electrons. The van der Waals surface area contributed by atoms with Crippen LogP contribution in [0.2, 0.25) is 0 Å². The second kappa shape index (κ2) is 11.9. The Morgan fingerprint density at radius 2 is 1.71 bits per heavy atom. The fraction of sp³-hybridized carbons (Fsp3) is 0.583. The molecule has 2 N–H and O–H groups in total. The standard InChI is InChI=1S/C24H37N5O.HI/c1-18-10-12-29(13-11-18)17-20-8-6-19(7-9-20)14-27-23(25-5)28-16-22-26-15-21(30-22)24(2,3)4;/h6-9,15,18H,10-14,16-17H2,1-5H3,(H2,25,27,28);1H. The Hall–Kier alpha value is -1.61. The number of benzene rings is 1. The molecular weight excluding hydrogens is 501 g/mol. The zero-order valence-electron chi connectivity index (χ0n) is 19.6. The Bertz CT molecular complexity index is 817. The summed E-state index contributed by atoms with van der Waals surface area (Å²) in [6.45, 7) is 13.4. The number of aliphatic imine (C=N–C) groups is 1. The van der Waals surface area contributed by atoms with E-state index in [1.807, 2.05) is 0 Å². The molecular formula is C24H38IN5O. The molecule has 31 heavy (non-hydrogen) atoms. The average Bonchev–Trinajstić information content (AvgIpc) is 3.21. The summed E-state index contributed by atoms with van der Waals surface area (Å²) in [4.78, 5) is 11.2. The van der Waals surface area contributed by atoms with Crippen molar-refractivity contribution in [3.8, 4) is 0 Å². The van der Waals surface area contributed by atoms with Gasteiger partial charge in [0.15, 0.2) is 5.96 Å². The molecule has 0 amide bonds. The lowest BCUT2D eigenvalue weighted by molar-refractivity contribution is 0.185. The maximum atomic E-state index is 5.83. The van der Waals surface area contributed by atoms with Gasteiger partial charge in [-0.3, -0.25) is 9.89 Å². The van der Waals surface area contributed by atoms with E-state index in [4.69, 9.17) is 4.42 Å². The minimum absolute atomic E-state index is 0. The summed E-state index contributed by atoms with van der Waals surface area (Å²) in [6, 6.07) is 8.88. The zero-order chi connectivity index (χ0) is 21.6. The summed E-state index contributed by atoms with van der Waals surface area (Å²) >= 11 is 0. The average molecular weight is 540 g/mol. The number of rotatable bonds is 6. The summed E-state index contributed by atoms with van der Waals surface area (Å²) in [7, 11) is 1.77. The summed E-state index contributed by atoms with van der Waals surface area (Å²) in [6.07, 6.45) is 4.44. The highest BCUT2D eigenvalue weighted by molar-refractivity contribution is 14.0. The molecule has 1 aliphatic heterocycles. The molecule has 1 fully saturated rings. The van der Waals surface area contributed by atoms with Crippen LogP contribution in [-0.2, 0) is 25.0 Å². The van der Waals surface area contributed by atoms with Gasteiger partial charge in [0.1, 0.15) is 5.76 Å². The molecule has 0 aliphatic carbocycles. The van der Waals surface area contributed by atoms with Crippen LogP contribution in [0.15, 0.2) is 39.9 Å². The Balaban J connectivity index is 0.00000341. The van der Waals surface area contributed by atoms with Crippen LogP contribution in [0, 0.1) is 5.92 Å². The van der Waals surface area contributed by atoms with Gasteiger partial charge in [-0.25, -0.2) is 4.98 Å². The highest BCUT2D eigenvalue weighted by Crippen LogP contribution is 2.22. The molecule has 2 heterocycles. The van der Waals surface area contributed by atoms with Gasteiger partial charge >= 0.3 is 0 Å². The van der Waals surface area contributed by atoms with Crippen LogP contribution in [0.25, 0.3) is 0 Å². The van der Waals surface area contributed by atoms with Crippen molar-refractivity contribution in [1.82, 2.24) is 20.5 Å². The molecule has 1 aliphatic rings. The van der Waals surface area contributed by atoms with Crippen molar-refractivity contribution in [3.63, 3.8) is 0 Å². The topological polar surface area (TPSA) is 65.7 Å². The van der Waals surface area contributed by atoms with Crippen molar-refractivity contribution in [1.29, 1.82) is 0 Å². The van der Waals surface area contributed by atoms with Gasteiger partial charge < -0.3 is 15.1 Å². The van der Waals surface area contributed by atoms with E-state index in [-0.39, 0.29) is 29.4 Å². The van der Waals surface area contributed by atoms with Gasteiger partial charge in [0.25, 0.3) is 0 Å². The van der Waals surface area contributed by atoms with Crippen molar-refractivity contribution in [2.75, 3.05) is 20.1 Å². The molecule has 1 aromatic carbocycles. The zero-order valence-corrected chi connectivity index (χ0v) is 21.9. The molecule has 0 saturated carbocycles. The fourth-order valence-electron chi connectivity index (χ4n) is 3.55. The van der Waals surface area contributed by atoms with Crippen LogP contribution >= 0.6 is 24.0 Å². The van der Waals surface area contributed by atoms with E-state index in [2.05, 4.69) is 77.5 Å². The first-order valence-electron chi connectivity index (χ1n) is 11.0. The monoisotopic (exact) mass is 539 g/mol. The van der Waals surface area contributed by atoms with Crippen LogP contribution in [0.3, 0.4) is 0 Å². The molecule has 0 spiro atoms. The van der Waals surface area contributed by atoms with E-state index in [0.29, 0.717) is 12.4 Å². The Kier molecular flexibility index (Phi) is 9.81. The van der Waals surface area contributed by atoms with E-state index < -0.39 is 0 Å². The van der Waals surface area contributed by atoms with E-state index in [9.17, 15) is 0 Å². The fourth-order valence-corrected chi connectivity index (χ4v) is 3.55. The van der Waals surface area contributed by atoms with Crippen molar-refractivity contribution >= 4 is 29.9 Å². The lowest BCUT2D eigenvalue weighted by Crippen LogP contribution is -2.36. The molecule has 1 saturated heterocycles.